The Bertz CT molecular complexity index is 359. The molecule has 5 nitrogen and oxygen atoms in total. The molecule has 0 aromatic rings. The largest absolute Gasteiger partial charge is 0.396 e. The zero-order chi connectivity index (χ0) is 16.0. The van der Waals surface area contributed by atoms with E-state index in [1.165, 1.54) is 0 Å². The van der Waals surface area contributed by atoms with Crippen LogP contribution in [-0.2, 0) is 9.59 Å². The number of hydrogen-bond acceptors (Lipinski definition) is 3. The van der Waals surface area contributed by atoms with Crippen molar-refractivity contribution in [3.63, 3.8) is 0 Å². The molecule has 1 saturated heterocycles. The van der Waals surface area contributed by atoms with Crippen LogP contribution in [0.3, 0.4) is 0 Å². The summed E-state index contributed by atoms with van der Waals surface area (Å²) in [6, 6.07) is 0. The van der Waals surface area contributed by atoms with Crippen molar-refractivity contribution in [3.05, 3.63) is 0 Å². The highest BCUT2D eigenvalue weighted by Crippen LogP contribution is 2.21. The van der Waals surface area contributed by atoms with Crippen molar-refractivity contribution in [2.45, 2.75) is 47.0 Å². The number of rotatable bonds is 6. The second-order valence-corrected chi connectivity index (χ2v) is 7.11. The van der Waals surface area contributed by atoms with Crippen LogP contribution in [0.5, 0.6) is 0 Å². The second-order valence-electron chi connectivity index (χ2n) is 7.11. The SMILES string of the molecule is CC(C)C(=O)N1CCC(C(=O)NCC(C)(C)CCO)CC1. The van der Waals surface area contributed by atoms with Gasteiger partial charge in [-0.25, -0.2) is 0 Å². The first-order valence-electron chi connectivity index (χ1n) is 7.94. The highest BCUT2D eigenvalue weighted by Gasteiger charge is 2.29. The number of nitrogens with one attached hydrogen (secondary N) is 1. The number of hydrogen-bond donors (Lipinski definition) is 2. The molecule has 122 valence electrons. The molecule has 0 aromatic heterocycles. The minimum absolute atomic E-state index is 0.00568. The van der Waals surface area contributed by atoms with Crippen molar-refractivity contribution in [2.24, 2.45) is 17.3 Å². The maximum atomic E-state index is 12.2. The summed E-state index contributed by atoms with van der Waals surface area (Å²) in [5.41, 5.74) is -0.0846. The van der Waals surface area contributed by atoms with Crippen LogP contribution >= 0.6 is 0 Å². The van der Waals surface area contributed by atoms with Crippen molar-refractivity contribution >= 4 is 11.8 Å². The van der Waals surface area contributed by atoms with E-state index in [0.29, 0.717) is 26.1 Å². The quantitative estimate of drug-likeness (QED) is 0.779. The van der Waals surface area contributed by atoms with Crippen LogP contribution in [0.2, 0.25) is 0 Å². The molecule has 2 N–H and O–H groups in total. The summed E-state index contributed by atoms with van der Waals surface area (Å²) in [5.74, 6) is 0.288. The van der Waals surface area contributed by atoms with Gasteiger partial charge < -0.3 is 15.3 Å². The lowest BCUT2D eigenvalue weighted by molar-refractivity contribution is -0.138. The average Bonchev–Trinajstić information content (AvgIpc) is 2.44. The monoisotopic (exact) mass is 298 g/mol. The number of aliphatic hydroxyl groups is 1. The van der Waals surface area contributed by atoms with E-state index in [9.17, 15) is 9.59 Å². The fourth-order valence-electron chi connectivity index (χ4n) is 2.59. The first kappa shape index (κ1) is 18.0. The minimum atomic E-state index is -0.0846. The third-order valence-corrected chi connectivity index (χ3v) is 4.20. The fraction of sp³-hybridized carbons (Fsp3) is 0.875. The Morgan fingerprint density at radius 2 is 1.86 bits per heavy atom. The second kappa shape index (κ2) is 7.78. The van der Waals surface area contributed by atoms with Crippen molar-refractivity contribution in [1.29, 1.82) is 0 Å². The summed E-state index contributed by atoms with van der Waals surface area (Å²) in [6.45, 7) is 9.95. The van der Waals surface area contributed by atoms with Crippen LogP contribution in [0.25, 0.3) is 0 Å². The Balaban J connectivity index is 2.37. The molecule has 21 heavy (non-hydrogen) atoms. The van der Waals surface area contributed by atoms with Crippen molar-refractivity contribution in [1.82, 2.24) is 10.2 Å². The van der Waals surface area contributed by atoms with Gasteiger partial charge in [-0.3, -0.25) is 9.59 Å². The standard InChI is InChI=1S/C16H30N2O3/c1-12(2)15(21)18-8-5-13(6-9-18)14(20)17-11-16(3,4)7-10-19/h12-13,19H,5-11H2,1-4H3,(H,17,20). The average molecular weight is 298 g/mol. The van der Waals surface area contributed by atoms with Gasteiger partial charge in [0.05, 0.1) is 0 Å². The minimum Gasteiger partial charge on any atom is -0.396 e. The molecular formula is C16H30N2O3. The van der Waals surface area contributed by atoms with E-state index in [1.54, 1.807) is 0 Å². The third-order valence-electron chi connectivity index (χ3n) is 4.20. The van der Waals surface area contributed by atoms with Gasteiger partial charge in [0.15, 0.2) is 0 Å². The Kier molecular flexibility index (Phi) is 6.65. The molecule has 0 saturated carbocycles. The molecule has 5 heteroatoms. The lowest BCUT2D eigenvalue weighted by atomic mass is 9.89. The van der Waals surface area contributed by atoms with Crippen LogP contribution in [0.1, 0.15) is 47.0 Å². The summed E-state index contributed by atoms with van der Waals surface area (Å²) < 4.78 is 0. The van der Waals surface area contributed by atoms with E-state index in [-0.39, 0.29) is 35.7 Å². The predicted octanol–water partition coefficient (Wildman–Crippen LogP) is 1.41. The van der Waals surface area contributed by atoms with E-state index in [1.807, 2.05) is 32.6 Å². The summed E-state index contributed by atoms with van der Waals surface area (Å²) >= 11 is 0. The number of nitrogens with zero attached hydrogens (tertiary/aromatic N) is 1. The predicted molar refractivity (Wildman–Crippen MR) is 82.6 cm³/mol. The lowest BCUT2D eigenvalue weighted by Crippen LogP contribution is -2.45. The fourth-order valence-corrected chi connectivity index (χ4v) is 2.59. The molecule has 0 aromatic carbocycles. The molecular weight excluding hydrogens is 268 g/mol. The summed E-state index contributed by atoms with van der Waals surface area (Å²) in [6.07, 6.45) is 2.16. The number of likely N-dealkylation sites (tertiary alicyclic amines) is 1. The van der Waals surface area contributed by atoms with Crippen LogP contribution < -0.4 is 5.32 Å². The zero-order valence-electron chi connectivity index (χ0n) is 13.8. The maximum absolute atomic E-state index is 12.2. The maximum Gasteiger partial charge on any atom is 0.225 e. The van der Waals surface area contributed by atoms with Crippen LogP contribution in [0.4, 0.5) is 0 Å². The van der Waals surface area contributed by atoms with Gasteiger partial charge in [-0.2, -0.15) is 0 Å². The van der Waals surface area contributed by atoms with Gasteiger partial charge in [0.2, 0.25) is 11.8 Å². The molecule has 1 aliphatic rings. The number of carbonyl (C=O) groups is 2. The van der Waals surface area contributed by atoms with Crippen molar-refractivity contribution in [2.75, 3.05) is 26.2 Å². The van der Waals surface area contributed by atoms with Crippen LogP contribution in [0.15, 0.2) is 0 Å². The topological polar surface area (TPSA) is 69.6 Å². The molecule has 2 amide bonds. The third kappa shape index (κ3) is 5.65. The lowest BCUT2D eigenvalue weighted by Gasteiger charge is -2.33. The Morgan fingerprint density at radius 3 is 2.33 bits per heavy atom. The van der Waals surface area contributed by atoms with Crippen molar-refractivity contribution in [3.8, 4) is 0 Å². The first-order chi connectivity index (χ1) is 9.76. The first-order valence-corrected chi connectivity index (χ1v) is 7.94. The molecule has 1 aliphatic heterocycles. The number of aliphatic hydroxyl groups excluding tert-OH is 1. The highest BCUT2D eigenvalue weighted by molar-refractivity contribution is 5.80. The summed E-state index contributed by atoms with van der Waals surface area (Å²) in [7, 11) is 0. The van der Waals surface area contributed by atoms with E-state index in [0.717, 1.165) is 12.8 Å². The smallest absolute Gasteiger partial charge is 0.225 e. The van der Waals surface area contributed by atoms with Gasteiger partial charge in [-0.05, 0) is 24.7 Å². The van der Waals surface area contributed by atoms with Gasteiger partial charge in [-0.15, -0.1) is 0 Å². The van der Waals surface area contributed by atoms with E-state index in [4.69, 9.17) is 5.11 Å². The summed E-state index contributed by atoms with van der Waals surface area (Å²) in [5, 5.41) is 12.0. The number of piperidine rings is 1. The number of carbonyl (C=O) groups excluding carboxylic acids is 2. The van der Waals surface area contributed by atoms with Crippen LogP contribution in [-0.4, -0.2) is 48.1 Å². The molecule has 0 bridgehead atoms. The zero-order valence-corrected chi connectivity index (χ0v) is 13.8. The summed E-state index contributed by atoms with van der Waals surface area (Å²) in [4.78, 5) is 26.0. The molecule has 1 rings (SSSR count). The van der Waals surface area contributed by atoms with Gasteiger partial charge in [0.25, 0.3) is 0 Å². The van der Waals surface area contributed by atoms with Gasteiger partial charge in [0, 0.05) is 38.1 Å². The number of amides is 2. The van der Waals surface area contributed by atoms with Gasteiger partial charge in [-0.1, -0.05) is 27.7 Å². The van der Waals surface area contributed by atoms with E-state index in [2.05, 4.69) is 5.32 Å². The van der Waals surface area contributed by atoms with Crippen LogP contribution in [0, 0.1) is 17.3 Å². The molecule has 0 unspecified atom stereocenters. The van der Waals surface area contributed by atoms with E-state index < -0.39 is 0 Å². The molecule has 0 radical (unpaired) electrons. The molecule has 0 atom stereocenters. The van der Waals surface area contributed by atoms with E-state index >= 15 is 0 Å². The van der Waals surface area contributed by atoms with Crippen molar-refractivity contribution < 1.29 is 14.7 Å². The Hall–Kier alpha value is -1.10. The molecule has 1 heterocycles. The van der Waals surface area contributed by atoms with Gasteiger partial charge in [0.1, 0.15) is 0 Å². The normalized spacial score (nSPS) is 17.1. The molecule has 0 aliphatic carbocycles. The Morgan fingerprint density at radius 1 is 1.29 bits per heavy atom. The highest BCUT2D eigenvalue weighted by atomic mass is 16.3. The van der Waals surface area contributed by atoms with Gasteiger partial charge >= 0.3 is 0 Å². The Labute approximate surface area is 128 Å². The molecule has 0 spiro atoms. The molecule has 1 fully saturated rings.